The fourth-order valence-corrected chi connectivity index (χ4v) is 5.68. The van der Waals surface area contributed by atoms with E-state index in [-0.39, 0.29) is 12.2 Å². The van der Waals surface area contributed by atoms with Crippen LogP contribution in [0.15, 0.2) is 81.7 Å². The lowest BCUT2D eigenvalue weighted by molar-refractivity contribution is -0.139. The number of rotatable bonds is 5. The summed E-state index contributed by atoms with van der Waals surface area (Å²) in [4.78, 5) is 32.2. The first kappa shape index (κ1) is 24.0. The summed E-state index contributed by atoms with van der Waals surface area (Å²) in [5.74, 6) is 0.221. The monoisotopic (exact) mass is 518 g/mol. The molecule has 182 valence electrons. The lowest BCUT2D eigenvalue weighted by atomic mass is 9.91. The number of aromatic nitrogens is 1. The predicted molar refractivity (Wildman–Crippen MR) is 142 cm³/mol. The van der Waals surface area contributed by atoms with Gasteiger partial charge in [0, 0.05) is 10.4 Å². The van der Waals surface area contributed by atoms with Crippen molar-refractivity contribution in [2.24, 2.45) is 4.99 Å². The van der Waals surface area contributed by atoms with E-state index in [0.717, 1.165) is 21.9 Å². The van der Waals surface area contributed by atoms with Crippen LogP contribution in [0.4, 0.5) is 0 Å². The molecule has 0 spiro atoms. The molecule has 5 rings (SSSR count). The fraction of sp³-hybridized carbons (Fsp3) is 0.179. The van der Waals surface area contributed by atoms with Crippen molar-refractivity contribution in [2.45, 2.75) is 19.9 Å². The number of esters is 1. The van der Waals surface area contributed by atoms with Gasteiger partial charge in [-0.25, -0.2) is 9.79 Å². The molecule has 0 unspecified atom stereocenters. The minimum atomic E-state index is -0.705. The highest BCUT2D eigenvalue weighted by atomic mass is 35.5. The molecule has 1 atom stereocenters. The molecule has 4 aromatic rings. The lowest BCUT2D eigenvalue weighted by Crippen LogP contribution is -2.40. The molecule has 0 radical (unpaired) electrons. The van der Waals surface area contributed by atoms with Crippen LogP contribution in [0.2, 0.25) is 5.02 Å². The van der Waals surface area contributed by atoms with Crippen molar-refractivity contribution in [3.63, 3.8) is 0 Å². The van der Waals surface area contributed by atoms with Crippen LogP contribution in [0, 0.1) is 0 Å². The third-order valence-electron chi connectivity index (χ3n) is 6.12. The van der Waals surface area contributed by atoms with Gasteiger partial charge in [-0.05, 0) is 54.6 Å². The average molecular weight is 519 g/mol. The van der Waals surface area contributed by atoms with Crippen molar-refractivity contribution in [2.75, 3.05) is 13.7 Å². The van der Waals surface area contributed by atoms with Crippen LogP contribution in [0.1, 0.15) is 31.0 Å². The van der Waals surface area contributed by atoms with Crippen molar-refractivity contribution < 1.29 is 14.3 Å². The summed E-state index contributed by atoms with van der Waals surface area (Å²) in [5, 5.41) is 2.39. The van der Waals surface area contributed by atoms with Gasteiger partial charge < -0.3 is 9.47 Å². The molecule has 36 heavy (non-hydrogen) atoms. The number of ether oxygens (including phenoxy) is 2. The summed E-state index contributed by atoms with van der Waals surface area (Å²) < 4.78 is 13.1. The van der Waals surface area contributed by atoms with E-state index in [9.17, 15) is 9.59 Å². The molecule has 1 aromatic heterocycles. The first-order chi connectivity index (χ1) is 17.4. The Labute approximate surface area is 216 Å². The Morgan fingerprint density at radius 3 is 2.53 bits per heavy atom. The number of nitrogens with zero attached hydrogens (tertiary/aromatic N) is 2. The molecular weight excluding hydrogens is 496 g/mol. The highest BCUT2D eigenvalue weighted by molar-refractivity contribution is 7.07. The minimum Gasteiger partial charge on any atom is -0.496 e. The zero-order valence-corrected chi connectivity index (χ0v) is 21.5. The van der Waals surface area contributed by atoms with Crippen LogP contribution in [-0.2, 0) is 9.53 Å². The molecule has 2 heterocycles. The van der Waals surface area contributed by atoms with Crippen molar-refractivity contribution in [3.05, 3.63) is 108 Å². The number of fused-ring (bicyclic) bond motifs is 2. The van der Waals surface area contributed by atoms with E-state index in [0.29, 0.717) is 31.4 Å². The maximum absolute atomic E-state index is 13.8. The van der Waals surface area contributed by atoms with E-state index in [4.69, 9.17) is 21.1 Å². The number of hydrogen-bond acceptors (Lipinski definition) is 6. The second kappa shape index (κ2) is 9.76. The van der Waals surface area contributed by atoms with E-state index >= 15 is 0 Å². The number of carbonyl (C=O) groups is 1. The first-order valence-corrected chi connectivity index (χ1v) is 12.6. The Bertz CT molecular complexity index is 1700. The average Bonchev–Trinajstić information content (AvgIpc) is 3.18. The van der Waals surface area contributed by atoms with Crippen LogP contribution in [-0.4, -0.2) is 24.3 Å². The van der Waals surface area contributed by atoms with Gasteiger partial charge in [-0.1, -0.05) is 65.4 Å². The first-order valence-electron chi connectivity index (χ1n) is 11.4. The van der Waals surface area contributed by atoms with Crippen molar-refractivity contribution >= 4 is 45.8 Å². The molecule has 3 aromatic carbocycles. The Kier molecular flexibility index (Phi) is 6.51. The molecule has 0 N–H and O–H groups in total. The Morgan fingerprint density at radius 2 is 1.83 bits per heavy atom. The zero-order valence-electron chi connectivity index (χ0n) is 19.9. The van der Waals surface area contributed by atoms with Crippen molar-refractivity contribution in [1.29, 1.82) is 0 Å². The molecule has 0 fully saturated rings. The van der Waals surface area contributed by atoms with Crippen LogP contribution in [0.5, 0.6) is 5.75 Å². The largest absolute Gasteiger partial charge is 0.496 e. The van der Waals surface area contributed by atoms with Gasteiger partial charge >= 0.3 is 5.97 Å². The second-order valence-electron chi connectivity index (χ2n) is 8.26. The van der Waals surface area contributed by atoms with E-state index in [2.05, 4.69) is 4.99 Å². The number of methoxy groups -OCH3 is 1. The zero-order chi connectivity index (χ0) is 25.4. The second-order valence-corrected chi connectivity index (χ2v) is 9.70. The van der Waals surface area contributed by atoms with Crippen LogP contribution in [0.25, 0.3) is 16.8 Å². The van der Waals surface area contributed by atoms with E-state index < -0.39 is 12.0 Å². The third-order valence-corrected chi connectivity index (χ3v) is 7.35. The highest BCUT2D eigenvalue weighted by Crippen LogP contribution is 2.37. The number of carbonyl (C=O) groups excluding carboxylic acids is 1. The van der Waals surface area contributed by atoms with E-state index in [1.54, 1.807) is 37.7 Å². The number of thiazole rings is 1. The van der Waals surface area contributed by atoms with Crippen molar-refractivity contribution in [1.82, 2.24) is 4.57 Å². The molecule has 1 aliphatic heterocycles. The van der Waals surface area contributed by atoms with Gasteiger partial charge in [0.05, 0.1) is 35.6 Å². The topological polar surface area (TPSA) is 69.9 Å². The molecule has 0 bridgehead atoms. The third kappa shape index (κ3) is 4.14. The molecule has 0 saturated carbocycles. The van der Waals surface area contributed by atoms with Crippen LogP contribution < -0.4 is 19.6 Å². The standard InChI is InChI=1S/C28H23ClN2O4S/c1-4-35-27(33)24-16(2)30-28-31(26(32)23(36-28)15-17-9-11-18(29)12-10-17)25(24)21-13-14-22(34-3)20-8-6-5-7-19(20)21/h5-15,25H,4H2,1-3H3/b23-15+/t25-/m0/s1. The smallest absolute Gasteiger partial charge is 0.338 e. The number of hydrogen-bond donors (Lipinski definition) is 0. The Balaban J connectivity index is 1.81. The maximum Gasteiger partial charge on any atom is 0.338 e. The summed E-state index contributed by atoms with van der Waals surface area (Å²) in [6.45, 7) is 3.75. The molecule has 0 saturated heterocycles. The van der Waals surface area contributed by atoms with Gasteiger partial charge in [0.15, 0.2) is 4.80 Å². The predicted octanol–water partition coefficient (Wildman–Crippen LogP) is 4.61. The molecule has 0 aliphatic carbocycles. The summed E-state index contributed by atoms with van der Waals surface area (Å²) in [5.41, 5.74) is 2.28. The number of allylic oxidation sites excluding steroid dienone is 1. The molecular formula is C28H23ClN2O4S. The van der Waals surface area contributed by atoms with Crippen molar-refractivity contribution in [3.8, 4) is 5.75 Å². The van der Waals surface area contributed by atoms with Crippen LogP contribution >= 0.6 is 22.9 Å². The minimum absolute atomic E-state index is 0.215. The Hall–Kier alpha value is -3.68. The van der Waals surface area contributed by atoms with E-state index in [1.807, 2.05) is 54.6 Å². The maximum atomic E-state index is 13.8. The summed E-state index contributed by atoms with van der Waals surface area (Å²) in [6.07, 6.45) is 1.81. The number of benzene rings is 3. The highest BCUT2D eigenvalue weighted by Gasteiger charge is 2.34. The lowest BCUT2D eigenvalue weighted by Gasteiger charge is -2.26. The normalized spacial score (nSPS) is 15.6. The number of halogens is 1. The molecule has 6 nitrogen and oxygen atoms in total. The quantitative estimate of drug-likeness (QED) is 0.362. The van der Waals surface area contributed by atoms with Gasteiger partial charge in [-0.15, -0.1) is 0 Å². The molecule has 0 amide bonds. The van der Waals surface area contributed by atoms with Gasteiger partial charge in [0.25, 0.3) is 5.56 Å². The van der Waals surface area contributed by atoms with Crippen LogP contribution in [0.3, 0.4) is 0 Å². The molecule has 8 heteroatoms. The van der Waals surface area contributed by atoms with Gasteiger partial charge in [-0.3, -0.25) is 9.36 Å². The fourth-order valence-electron chi connectivity index (χ4n) is 4.51. The summed E-state index contributed by atoms with van der Waals surface area (Å²) >= 11 is 7.31. The van der Waals surface area contributed by atoms with E-state index in [1.165, 1.54) is 11.3 Å². The SMILES string of the molecule is CCOC(=O)C1=C(C)N=c2s/c(=C/c3ccc(Cl)cc3)c(=O)n2[C@H]1c1ccc(OC)c2ccccc12. The Morgan fingerprint density at radius 1 is 1.11 bits per heavy atom. The summed E-state index contributed by atoms with van der Waals surface area (Å²) in [7, 11) is 1.62. The summed E-state index contributed by atoms with van der Waals surface area (Å²) in [6, 6.07) is 18.1. The van der Waals surface area contributed by atoms with Gasteiger partial charge in [-0.2, -0.15) is 0 Å². The molecule has 1 aliphatic rings. The van der Waals surface area contributed by atoms with Gasteiger partial charge in [0.2, 0.25) is 0 Å². The van der Waals surface area contributed by atoms with Gasteiger partial charge in [0.1, 0.15) is 5.75 Å².